The molecule has 0 atom stereocenters. The van der Waals surface area contributed by atoms with Crippen molar-refractivity contribution in [3.05, 3.63) is 0 Å². The lowest BCUT2D eigenvalue weighted by Crippen LogP contribution is -2.36. The predicted octanol–water partition coefficient (Wildman–Crippen LogP) is 2.56. The van der Waals surface area contributed by atoms with Crippen molar-refractivity contribution >= 4 is 17.2 Å². The summed E-state index contributed by atoms with van der Waals surface area (Å²) in [5.74, 6) is 0. The van der Waals surface area contributed by atoms with Crippen molar-refractivity contribution in [3.63, 3.8) is 0 Å². The van der Waals surface area contributed by atoms with E-state index in [2.05, 4.69) is 25.7 Å². The van der Waals surface area contributed by atoms with E-state index in [1.165, 1.54) is 25.8 Å². The fourth-order valence-electron chi connectivity index (χ4n) is 1.75. The van der Waals surface area contributed by atoms with Crippen molar-refractivity contribution in [2.45, 2.75) is 52.5 Å². The van der Waals surface area contributed by atoms with Gasteiger partial charge < -0.3 is 10.6 Å². The summed E-state index contributed by atoms with van der Waals surface area (Å²) in [6, 6.07) is 0.854. The van der Waals surface area contributed by atoms with Gasteiger partial charge in [-0.15, -0.1) is 0 Å². The first-order valence-electron chi connectivity index (χ1n) is 6.01. The average molecular weight is 228 g/mol. The Labute approximate surface area is 99.2 Å². The molecular formula is C12H24N2S. The Hall–Kier alpha value is -0.150. The molecule has 1 fully saturated rings. The number of hydrogen-bond acceptors (Lipinski definition) is 2. The number of hydrogen-bond donors (Lipinski definition) is 1. The SMILES string of the molecule is CCCN(CCC(C)(C)C(N)=S)C1CC1. The zero-order valence-electron chi connectivity index (χ0n) is 10.3. The third-order valence-electron chi connectivity index (χ3n) is 3.27. The van der Waals surface area contributed by atoms with Gasteiger partial charge in [0.05, 0.1) is 4.99 Å². The van der Waals surface area contributed by atoms with E-state index in [1.54, 1.807) is 0 Å². The van der Waals surface area contributed by atoms with Crippen molar-refractivity contribution in [2.24, 2.45) is 11.1 Å². The molecule has 1 aliphatic carbocycles. The first-order chi connectivity index (χ1) is 6.97. The summed E-state index contributed by atoms with van der Waals surface area (Å²) in [7, 11) is 0. The van der Waals surface area contributed by atoms with Gasteiger partial charge in [-0.05, 0) is 38.8 Å². The molecule has 0 aromatic rings. The quantitative estimate of drug-likeness (QED) is 0.679. The molecule has 0 spiro atoms. The Bertz CT molecular complexity index is 222. The fourth-order valence-corrected chi connectivity index (χ4v) is 1.85. The van der Waals surface area contributed by atoms with E-state index in [0.29, 0.717) is 4.99 Å². The highest BCUT2D eigenvalue weighted by Gasteiger charge is 2.30. The van der Waals surface area contributed by atoms with Crippen LogP contribution in [0.25, 0.3) is 0 Å². The van der Waals surface area contributed by atoms with Crippen molar-refractivity contribution in [1.82, 2.24) is 4.90 Å². The summed E-state index contributed by atoms with van der Waals surface area (Å²) in [6.45, 7) is 8.90. The molecule has 2 N–H and O–H groups in total. The summed E-state index contributed by atoms with van der Waals surface area (Å²) in [6.07, 6.45) is 5.09. The second kappa shape index (κ2) is 5.26. The highest BCUT2D eigenvalue weighted by atomic mass is 32.1. The van der Waals surface area contributed by atoms with E-state index in [-0.39, 0.29) is 5.41 Å². The first-order valence-corrected chi connectivity index (χ1v) is 6.42. The monoisotopic (exact) mass is 228 g/mol. The van der Waals surface area contributed by atoms with Crippen molar-refractivity contribution < 1.29 is 0 Å². The lowest BCUT2D eigenvalue weighted by Gasteiger charge is -2.28. The minimum Gasteiger partial charge on any atom is -0.393 e. The van der Waals surface area contributed by atoms with Gasteiger partial charge in [-0.1, -0.05) is 33.0 Å². The molecule has 0 unspecified atom stereocenters. The molecular weight excluding hydrogens is 204 g/mol. The first kappa shape index (κ1) is 12.9. The van der Waals surface area contributed by atoms with Gasteiger partial charge in [0.2, 0.25) is 0 Å². The fraction of sp³-hybridized carbons (Fsp3) is 0.917. The minimum absolute atomic E-state index is 0.0101. The molecule has 0 aromatic carbocycles. The molecule has 0 heterocycles. The summed E-state index contributed by atoms with van der Waals surface area (Å²) in [5, 5.41) is 0. The van der Waals surface area contributed by atoms with E-state index in [4.69, 9.17) is 18.0 Å². The van der Waals surface area contributed by atoms with Crippen LogP contribution in [0.5, 0.6) is 0 Å². The summed E-state index contributed by atoms with van der Waals surface area (Å²) < 4.78 is 0. The normalized spacial score (nSPS) is 17.1. The van der Waals surface area contributed by atoms with E-state index in [9.17, 15) is 0 Å². The van der Waals surface area contributed by atoms with Crippen LogP contribution in [0, 0.1) is 5.41 Å². The van der Waals surface area contributed by atoms with Crippen LogP contribution in [-0.4, -0.2) is 29.0 Å². The number of nitrogens with two attached hydrogens (primary N) is 1. The van der Waals surface area contributed by atoms with Crippen molar-refractivity contribution in [1.29, 1.82) is 0 Å². The molecule has 0 saturated heterocycles. The van der Waals surface area contributed by atoms with Crippen molar-refractivity contribution in [2.75, 3.05) is 13.1 Å². The second-order valence-corrected chi connectivity index (χ2v) is 5.71. The molecule has 0 bridgehead atoms. The van der Waals surface area contributed by atoms with Crippen LogP contribution in [-0.2, 0) is 0 Å². The smallest absolute Gasteiger partial charge is 0.0784 e. The van der Waals surface area contributed by atoms with Gasteiger partial charge >= 0.3 is 0 Å². The zero-order valence-corrected chi connectivity index (χ0v) is 11.1. The van der Waals surface area contributed by atoms with Gasteiger partial charge in [-0.2, -0.15) is 0 Å². The van der Waals surface area contributed by atoms with Crippen LogP contribution in [0.2, 0.25) is 0 Å². The largest absolute Gasteiger partial charge is 0.393 e. The van der Waals surface area contributed by atoms with Gasteiger partial charge in [0.15, 0.2) is 0 Å². The van der Waals surface area contributed by atoms with Crippen LogP contribution in [0.1, 0.15) is 46.5 Å². The summed E-state index contributed by atoms with van der Waals surface area (Å²) in [5.41, 5.74) is 5.75. The third-order valence-corrected chi connectivity index (χ3v) is 3.82. The maximum absolute atomic E-state index is 5.74. The van der Waals surface area contributed by atoms with E-state index >= 15 is 0 Å². The maximum Gasteiger partial charge on any atom is 0.0784 e. The Morgan fingerprint density at radius 2 is 2.00 bits per heavy atom. The molecule has 0 amide bonds. The molecule has 1 saturated carbocycles. The number of thiocarbonyl (C=S) groups is 1. The molecule has 3 heteroatoms. The molecule has 1 rings (SSSR count). The van der Waals surface area contributed by atoms with E-state index < -0.39 is 0 Å². The summed E-state index contributed by atoms with van der Waals surface area (Å²) >= 11 is 5.09. The van der Waals surface area contributed by atoms with Gasteiger partial charge in [-0.3, -0.25) is 0 Å². The number of nitrogens with zero attached hydrogens (tertiary/aromatic N) is 1. The molecule has 1 aliphatic rings. The van der Waals surface area contributed by atoms with E-state index in [1.807, 2.05) is 0 Å². The predicted molar refractivity (Wildman–Crippen MR) is 70.1 cm³/mol. The van der Waals surface area contributed by atoms with Gasteiger partial charge in [0.25, 0.3) is 0 Å². The lowest BCUT2D eigenvalue weighted by molar-refractivity contribution is 0.237. The van der Waals surface area contributed by atoms with Crippen LogP contribution < -0.4 is 5.73 Å². The standard InChI is InChI=1S/C12H24N2S/c1-4-8-14(10-5-6-10)9-7-12(2,3)11(13)15/h10H,4-9H2,1-3H3,(H2,13,15). The Balaban J connectivity index is 2.35. The van der Waals surface area contributed by atoms with Crippen molar-refractivity contribution in [3.8, 4) is 0 Å². The molecule has 2 nitrogen and oxygen atoms in total. The molecule has 15 heavy (non-hydrogen) atoms. The Morgan fingerprint density at radius 3 is 2.40 bits per heavy atom. The topological polar surface area (TPSA) is 29.3 Å². The third kappa shape index (κ3) is 4.07. The molecule has 88 valence electrons. The lowest BCUT2D eigenvalue weighted by atomic mass is 9.89. The second-order valence-electron chi connectivity index (χ2n) is 5.27. The molecule has 0 aliphatic heterocycles. The Morgan fingerprint density at radius 1 is 1.40 bits per heavy atom. The van der Waals surface area contributed by atoms with Crippen LogP contribution in [0.15, 0.2) is 0 Å². The Kier molecular flexibility index (Phi) is 4.53. The number of rotatable bonds is 7. The van der Waals surface area contributed by atoms with Crippen LogP contribution in [0.3, 0.4) is 0 Å². The zero-order chi connectivity index (χ0) is 11.5. The molecule has 0 radical (unpaired) electrons. The minimum atomic E-state index is 0.0101. The average Bonchev–Trinajstić information content (AvgIpc) is 2.95. The maximum atomic E-state index is 5.74. The van der Waals surface area contributed by atoms with Crippen LogP contribution >= 0.6 is 12.2 Å². The van der Waals surface area contributed by atoms with Gasteiger partial charge in [-0.25, -0.2) is 0 Å². The van der Waals surface area contributed by atoms with Crippen LogP contribution in [0.4, 0.5) is 0 Å². The summed E-state index contributed by atoms with van der Waals surface area (Å²) in [4.78, 5) is 3.25. The van der Waals surface area contributed by atoms with E-state index in [0.717, 1.165) is 19.0 Å². The van der Waals surface area contributed by atoms with Gasteiger partial charge in [0.1, 0.15) is 0 Å². The van der Waals surface area contributed by atoms with Gasteiger partial charge in [0, 0.05) is 11.5 Å². The molecule has 0 aromatic heterocycles. The highest BCUT2D eigenvalue weighted by Crippen LogP contribution is 2.29. The highest BCUT2D eigenvalue weighted by molar-refractivity contribution is 7.80.